The Kier molecular flexibility index (Phi) is 4.26. The third kappa shape index (κ3) is 2.93. The van der Waals surface area contributed by atoms with E-state index in [-0.39, 0.29) is 0 Å². The summed E-state index contributed by atoms with van der Waals surface area (Å²) in [7, 11) is 0. The van der Waals surface area contributed by atoms with E-state index in [9.17, 15) is 10.2 Å². The lowest BCUT2D eigenvalue weighted by Gasteiger charge is -2.31. The molecule has 16 heavy (non-hydrogen) atoms. The van der Waals surface area contributed by atoms with E-state index in [0.717, 1.165) is 5.56 Å². The molecule has 4 heteroatoms. The number of rotatable bonds is 5. The van der Waals surface area contributed by atoms with Gasteiger partial charge < -0.3 is 15.9 Å². The van der Waals surface area contributed by atoms with Crippen LogP contribution >= 0.6 is 0 Å². The highest BCUT2D eigenvalue weighted by Gasteiger charge is 2.31. The van der Waals surface area contributed by atoms with Crippen LogP contribution in [0.4, 0.5) is 5.82 Å². The number of pyridine rings is 1. The molecule has 0 aromatic carbocycles. The average molecular weight is 224 g/mol. The molecular formula is C12H20N2O2. The number of nitrogens with zero attached hydrogens (tertiary/aromatic N) is 1. The molecule has 90 valence electrons. The number of aromatic nitrogens is 1. The summed E-state index contributed by atoms with van der Waals surface area (Å²) in [5, 5.41) is 20.1. The Morgan fingerprint density at radius 3 is 2.56 bits per heavy atom. The summed E-state index contributed by atoms with van der Waals surface area (Å²) < 4.78 is 0. The van der Waals surface area contributed by atoms with Crippen LogP contribution in [-0.4, -0.2) is 26.9 Å². The number of hydrogen-bond acceptors (Lipinski definition) is 4. The highest BCUT2D eigenvalue weighted by Crippen LogP contribution is 2.22. The average Bonchev–Trinajstić information content (AvgIpc) is 2.28. The van der Waals surface area contributed by atoms with Crippen LogP contribution in [0.15, 0.2) is 18.3 Å². The summed E-state index contributed by atoms with van der Waals surface area (Å²) in [6.07, 6.45) is 2.29. The van der Waals surface area contributed by atoms with Crippen LogP contribution in [0.2, 0.25) is 0 Å². The molecule has 0 bridgehead atoms. The minimum absolute atomic E-state index is 0.394. The first-order valence-electron chi connectivity index (χ1n) is 5.62. The molecule has 0 aliphatic rings. The van der Waals surface area contributed by atoms with Gasteiger partial charge in [-0.15, -0.1) is 0 Å². The van der Waals surface area contributed by atoms with Gasteiger partial charge in [-0.25, -0.2) is 4.98 Å². The molecule has 0 aliphatic heterocycles. The van der Waals surface area contributed by atoms with E-state index < -0.39 is 11.7 Å². The van der Waals surface area contributed by atoms with Crippen LogP contribution in [0, 0.1) is 0 Å². The summed E-state index contributed by atoms with van der Waals surface area (Å²) in [5.41, 5.74) is 5.43. The maximum atomic E-state index is 10.1. The maximum absolute atomic E-state index is 10.1. The van der Waals surface area contributed by atoms with Crippen molar-refractivity contribution in [3.8, 4) is 0 Å². The number of hydrogen-bond donors (Lipinski definition) is 3. The van der Waals surface area contributed by atoms with Gasteiger partial charge in [0.1, 0.15) is 5.82 Å². The molecule has 1 heterocycles. The van der Waals surface area contributed by atoms with Crippen molar-refractivity contribution < 1.29 is 10.2 Å². The fourth-order valence-corrected chi connectivity index (χ4v) is 1.76. The predicted molar refractivity (Wildman–Crippen MR) is 63.9 cm³/mol. The third-order valence-electron chi connectivity index (χ3n) is 3.12. The van der Waals surface area contributed by atoms with Gasteiger partial charge in [0.2, 0.25) is 0 Å². The van der Waals surface area contributed by atoms with Gasteiger partial charge in [0.05, 0.1) is 11.7 Å². The fourth-order valence-electron chi connectivity index (χ4n) is 1.76. The Morgan fingerprint density at radius 1 is 1.44 bits per heavy atom. The Morgan fingerprint density at radius 2 is 2.06 bits per heavy atom. The molecule has 0 fully saturated rings. The molecule has 1 aromatic heterocycles. The van der Waals surface area contributed by atoms with Crippen molar-refractivity contribution in [1.82, 2.24) is 4.98 Å². The number of aliphatic hydroxyl groups excluding tert-OH is 1. The van der Waals surface area contributed by atoms with Gasteiger partial charge in [0.25, 0.3) is 0 Å². The highest BCUT2D eigenvalue weighted by atomic mass is 16.3. The minimum atomic E-state index is -1.02. The maximum Gasteiger partial charge on any atom is 0.123 e. The molecule has 4 N–H and O–H groups in total. The van der Waals surface area contributed by atoms with E-state index in [4.69, 9.17) is 5.73 Å². The smallest absolute Gasteiger partial charge is 0.123 e. The van der Waals surface area contributed by atoms with E-state index in [2.05, 4.69) is 4.98 Å². The van der Waals surface area contributed by atoms with E-state index in [0.29, 0.717) is 25.1 Å². The van der Waals surface area contributed by atoms with Crippen molar-refractivity contribution >= 4 is 5.82 Å². The first-order valence-corrected chi connectivity index (χ1v) is 5.62. The number of nitrogens with two attached hydrogens (primary N) is 1. The second-order valence-corrected chi connectivity index (χ2v) is 4.12. The summed E-state index contributed by atoms with van der Waals surface area (Å²) >= 11 is 0. The van der Waals surface area contributed by atoms with Crippen molar-refractivity contribution in [3.63, 3.8) is 0 Å². The zero-order valence-electron chi connectivity index (χ0n) is 9.85. The van der Waals surface area contributed by atoms with Crippen LogP contribution in [0.25, 0.3) is 0 Å². The Bertz CT molecular complexity index is 338. The van der Waals surface area contributed by atoms with Crippen molar-refractivity contribution in [2.45, 2.75) is 44.8 Å². The van der Waals surface area contributed by atoms with Gasteiger partial charge in [0.15, 0.2) is 0 Å². The largest absolute Gasteiger partial charge is 0.390 e. The van der Waals surface area contributed by atoms with Crippen LogP contribution in [-0.2, 0) is 6.42 Å². The molecule has 1 aromatic rings. The molecule has 0 saturated carbocycles. The zero-order chi connectivity index (χ0) is 12.2. The molecule has 1 unspecified atom stereocenters. The molecule has 0 amide bonds. The van der Waals surface area contributed by atoms with Crippen LogP contribution in [0.1, 0.15) is 32.3 Å². The lowest BCUT2D eigenvalue weighted by atomic mass is 9.87. The lowest BCUT2D eigenvalue weighted by Crippen LogP contribution is -2.42. The van der Waals surface area contributed by atoms with Crippen molar-refractivity contribution in [2.24, 2.45) is 0 Å². The third-order valence-corrected chi connectivity index (χ3v) is 3.12. The summed E-state index contributed by atoms with van der Waals surface area (Å²) in [4.78, 5) is 3.88. The van der Waals surface area contributed by atoms with E-state index in [1.807, 2.05) is 13.8 Å². The monoisotopic (exact) mass is 224 g/mol. The highest BCUT2D eigenvalue weighted by molar-refractivity contribution is 5.32. The predicted octanol–water partition coefficient (Wildman–Crippen LogP) is 1.12. The number of nitrogen functional groups attached to an aromatic ring is 1. The van der Waals surface area contributed by atoms with Crippen LogP contribution in [0.5, 0.6) is 0 Å². The molecule has 0 radical (unpaired) electrons. The summed E-state index contributed by atoms with van der Waals surface area (Å²) in [6, 6.07) is 3.51. The van der Waals surface area contributed by atoms with Crippen LogP contribution in [0.3, 0.4) is 0 Å². The van der Waals surface area contributed by atoms with Gasteiger partial charge in [0, 0.05) is 12.6 Å². The SMILES string of the molecule is CCC(O)(CC)C(O)Cc1ccnc(N)c1. The Labute approximate surface area is 96.1 Å². The molecule has 0 aliphatic carbocycles. The van der Waals surface area contributed by atoms with Gasteiger partial charge in [-0.1, -0.05) is 13.8 Å². The molecule has 0 saturated heterocycles. The number of aliphatic hydroxyl groups is 2. The van der Waals surface area contributed by atoms with Crippen molar-refractivity contribution in [3.05, 3.63) is 23.9 Å². The first-order chi connectivity index (χ1) is 7.51. The second kappa shape index (κ2) is 5.27. The summed E-state index contributed by atoms with van der Waals surface area (Å²) in [5.74, 6) is 0.432. The Balaban J connectivity index is 2.74. The van der Waals surface area contributed by atoms with E-state index in [1.54, 1.807) is 18.3 Å². The molecule has 4 nitrogen and oxygen atoms in total. The summed E-state index contributed by atoms with van der Waals surface area (Å²) in [6.45, 7) is 3.74. The van der Waals surface area contributed by atoms with Crippen molar-refractivity contribution in [2.75, 3.05) is 5.73 Å². The zero-order valence-corrected chi connectivity index (χ0v) is 9.85. The topological polar surface area (TPSA) is 79.4 Å². The van der Waals surface area contributed by atoms with Gasteiger partial charge in [-0.05, 0) is 30.5 Å². The molecule has 1 atom stereocenters. The van der Waals surface area contributed by atoms with Crippen LogP contribution < -0.4 is 5.73 Å². The number of anilines is 1. The Hall–Kier alpha value is -1.13. The first kappa shape index (κ1) is 12.9. The fraction of sp³-hybridized carbons (Fsp3) is 0.583. The lowest BCUT2D eigenvalue weighted by molar-refractivity contribution is -0.0790. The molecule has 0 spiro atoms. The van der Waals surface area contributed by atoms with Gasteiger partial charge in [-0.3, -0.25) is 0 Å². The second-order valence-electron chi connectivity index (χ2n) is 4.12. The van der Waals surface area contributed by atoms with Crippen molar-refractivity contribution in [1.29, 1.82) is 0 Å². The van der Waals surface area contributed by atoms with Gasteiger partial charge >= 0.3 is 0 Å². The quantitative estimate of drug-likeness (QED) is 0.700. The van der Waals surface area contributed by atoms with Gasteiger partial charge in [-0.2, -0.15) is 0 Å². The molecule has 1 rings (SSSR count). The minimum Gasteiger partial charge on any atom is -0.390 e. The molecular weight excluding hydrogens is 204 g/mol. The normalized spacial score (nSPS) is 13.8. The standard InChI is InChI=1S/C12H20N2O2/c1-3-12(16,4-2)10(15)7-9-5-6-14-11(13)8-9/h5-6,8,10,15-16H,3-4,7H2,1-2H3,(H2,13,14). The van der Waals surface area contributed by atoms with E-state index >= 15 is 0 Å². The van der Waals surface area contributed by atoms with E-state index in [1.165, 1.54) is 0 Å².